The van der Waals surface area contributed by atoms with Gasteiger partial charge in [-0.05, 0) is 39.2 Å². The monoisotopic (exact) mass is 226 g/mol. The molecule has 1 saturated heterocycles. The highest BCUT2D eigenvalue weighted by Crippen LogP contribution is 2.19. The third-order valence-corrected chi connectivity index (χ3v) is 3.76. The first kappa shape index (κ1) is 13.5. The van der Waals surface area contributed by atoms with Gasteiger partial charge < -0.3 is 4.90 Å². The van der Waals surface area contributed by atoms with Gasteiger partial charge in [-0.15, -0.1) is 0 Å². The second-order valence-corrected chi connectivity index (χ2v) is 4.87. The molecule has 1 fully saturated rings. The molecular weight excluding hydrogens is 200 g/mol. The first-order valence-corrected chi connectivity index (χ1v) is 6.68. The summed E-state index contributed by atoms with van der Waals surface area (Å²) >= 11 is 0. The zero-order valence-corrected chi connectivity index (χ0v) is 11.0. The maximum Gasteiger partial charge on any atom is 0.209 e. The molecule has 1 unspecified atom stereocenters. The van der Waals surface area contributed by atoms with Crippen LogP contribution in [0.25, 0.3) is 0 Å². The van der Waals surface area contributed by atoms with Gasteiger partial charge in [0.2, 0.25) is 6.41 Å². The van der Waals surface area contributed by atoms with Crippen LogP contribution < -0.4 is 0 Å². The Morgan fingerprint density at radius 2 is 2.00 bits per heavy atom. The zero-order valence-electron chi connectivity index (χ0n) is 11.0. The predicted molar refractivity (Wildman–Crippen MR) is 67.4 cm³/mol. The fourth-order valence-electron chi connectivity index (χ4n) is 2.58. The van der Waals surface area contributed by atoms with E-state index in [4.69, 9.17) is 0 Å². The van der Waals surface area contributed by atoms with Gasteiger partial charge in [0.25, 0.3) is 0 Å². The van der Waals surface area contributed by atoms with E-state index in [1.165, 1.54) is 19.4 Å². The summed E-state index contributed by atoms with van der Waals surface area (Å²) in [5, 5.41) is 0. The van der Waals surface area contributed by atoms with Crippen LogP contribution in [-0.4, -0.2) is 47.9 Å². The largest absolute Gasteiger partial charge is 0.345 e. The zero-order chi connectivity index (χ0) is 12.0. The van der Waals surface area contributed by atoms with Crippen LogP contribution in [-0.2, 0) is 4.79 Å². The average molecular weight is 226 g/mol. The SMILES string of the molecule is CCCN(C(C)CC)C1CCN(C=O)CC1. The van der Waals surface area contributed by atoms with Gasteiger partial charge in [-0.25, -0.2) is 0 Å². The lowest BCUT2D eigenvalue weighted by atomic mass is 10.0. The molecule has 0 bridgehead atoms. The molecule has 1 heterocycles. The van der Waals surface area contributed by atoms with Crippen molar-refractivity contribution in [3.05, 3.63) is 0 Å². The van der Waals surface area contributed by atoms with Crippen LogP contribution in [0.2, 0.25) is 0 Å². The molecule has 0 N–H and O–H groups in total. The molecule has 0 aliphatic carbocycles. The van der Waals surface area contributed by atoms with E-state index in [2.05, 4.69) is 25.7 Å². The summed E-state index contributed by atoms with van der Waals surface area (Å²) < 4.78 is 0. The Bertz CT molecular complexity index is 200. The third kappa shape index (κ3) is 3.48. The van der Waals surface area contributed by atoms with Crippen LogP contribution in [0.5, 0.6) is 0 Å². The van der Waals surface area contributed by atoms with Crippen molar-refractivity contribution in [1.82, 2.24) is 9.80 Å². The summed E-state index contributed by atoms with van der Waals surface area (Å²) in [6.07, 6.45) is 5.71. The molecule has 1 rings (SSSR count). The number of nitrogens with zero attached hydrogens (tertiary/aromatic N) is 2. The Balaban J connectivity index is 2.49. The molecular formula is C13H26N2O. The number of carbonyl (C=O) groups excluding carboxylic acids is 1. The van der Waals surface area contributed by atoms with Gasteiger partial charge in [-0.3, -0.25) is 9.69 Å². The minimum absolute atomic E-state index is 0.674. The standard InChI is InChI=1S/C13H26N2O/c1-4-8-15(12(3)5-2)13-6-9-14(11-16)10-7-13/h11-13H,4-10H2,1-3H3. The van der Waals surface area contributed by atoms with Crippen LogP contribution in [0.1, 0.15) is 46.5 Å². The van der Waals surface area contributed by atoms with E-state index in [0.717, 1.165) is 32.3 Å². The molecule has 94 valence electrons. The molecule has 1 aliphatic heterocycles. The van der Waals surface area contributed by atoms with Crippen molar-refractivity contribution in [2.45, 2.75) is 58.5 Å². The maximum absolute atomic E-state index is 10.7. The molecule has 0 aromatic carbocycles. The summed E-state index contributed by atoms with van der Waals surface area (Å²) in [7, 11) is 0. The van der Waals surface area contributed by atoms with Crippen molar-refractivity contribution in [2.75, 3.05) is 19.6 Å². The van der Waals surface area contributed by atoms with Crippen molar-refractivity contribution < 1.29 is 4.79 Å². The van der Waals surface area contributed by atoms with Crippen molar-refractivity contribution in [2.24, 2.45) is 0 Å². The Labute approximate surface area is 99.8 Å². The lowest BCUT2D eigenvalue weighted by Crippen LogP contribution is -2.48. The topological polar surface area (TPSA) is 23.6 Å². The highest BCUT2D eigenvalue weighted by atomic mass is 16.1. The molecule has 0 aromatic heterocycles. The summed E-state index contributed by atoms with van der Waals surface area (Å²) in [6.45, 7) is 9.89. The van der Waals surface area contributed by atoms with E-state index >= 15 is 0 Å². The van der Waals surface area contributed by atoms with Gasteiger partial charge in [0.05, 0.1) is 0 Å². The van der Waals surface area contributed by atoms with Crippen molar-refractivity contribution in [3.8, 4) is 0 Å². The van der Waals surface area contributed by atoms with E-state index < -0.39 is 0 Å². The number of likely N-dealkylation sites (tertiary alicyclic amines) is 1. The maximum atomic E-state index is 10.7. The summed E-state index contributed by atoms with van der Waals surface area (Å²) in [4.78, 5) is 15.2. The quantitative estimate of drug-likeness (QED) is 0.648. The summed E-state index contributed by atoms with van der Waals surface area (Å²) in [6, 6.07) is 1.36. The Hall–Kier alpha value is -0.570. The van der Waals surface area contributed by atoms with Gasteiger partial charge in [0.1, 0.15) is 0 Å². The highest BCUT2D eigenvalue weighted by molar-refractivity contribution is 5.47. The van der Waals surface area contributed by atoms with Crippen LogP contribution in [0.4, 0.5) is 0 Å². The first-order valence-electron chi connectivity index (χ1n) is 6.68. The fraction of sp³-hybridized carbons (Fsp3) is 0.923. The lowest BCUT2D eigenvalue weighted by Gasteiger charge is -2.40. The van der Waals surface area contributed by atoms with Crippen molar-refractivity contribution in [3.63, 3.8) is 0 Å². The van der Waals surface area contributed by atoms with E-state index in [0.29, 0.717) is 12.1 Å². The van der Waals surface area contributed by atoms with E-state index in [9.17, 15) is 4.79 Å². The highest BCUT2D eigenvalue weighted by Gasteiger charge is 2.25. The van der Waals surface area contributed by atoms with Gasteiger partial charge >= 0.3 is 0 Å². The van der Waals surface area contributed by atoms with Gasteiger partial charge in [-0.1, -0.05) is 13.8 Å². The number of amides is 1. The number of rotatable bonds is 6. The van der Waals surface area contributed by atoms with Gasteiger partial charge in [0.15, 0.2) is 0 Å². The molecule has 3 nitrogen and oxygen atoms in total. The van der Waals surface area contributed by atoms with E-state index in [1.54, 1.807) is 0 Å². The van der Waals surface area contributed by atoms with Crippen molar-refractivity contribution in [1.29, 1.82) is 0 Å². The van der Waals surface area contributed by atoms with E-state index in [-0.39, 0.29) is 0 Å². The Morgan fingerprint density at radius 1 is 1.38 bits per heavy atom. The number of hydrogen-bond acceptors (Lipinski definition) is 2. The normalized spacial score (nSPS) is 20.1. The third-order valence-electron chi connectivity index (χ3n) is 3.76. The summed E-state index contributed by atoms with van der Waals surface area (Å²) in [5.74, 6) is 0. The van der Waals surface area contributed by atoms with Crippen LogP contribution in [0.15, 0.2) is 0 Å². The second kappa shape index (κ2) is 6.89. The fourth-order valence-corrected chi connectivity index (χ4v) is 2.58. The lowest BCUT2D eigenvalue weighted by molar-refractivity contribution is -0.119. The minimum atomic E-state index is 0.674. The second-order valence-electron chi connectivity index (χ2n) is 4.87. The Morgan fingerprint density at radius 3 is 2.44 bits per heavy atom. The molecule has 0 saturated carbocycles. The number of piperidine rings is 1. The minimum Gasteiger partial charge on any atom is -0.345 e. The molecule has 3 heteroatoms. The summed E-state index contributed by atoms with van der Waals surface area (Å²) in [5.41, 5.74) is 0. The van der Waals surface area contributed by atoms with E-state index in [1.807, 2.05) is 4.90 Å². The molecule has 1 amide bonds. The smallest absolute Gasteiger partial charge is 0.209 e. The van der Waals surface area contributed by atoms with Crippen LogP contribution in [0.3, 0.4) is 0 Å². The predicted octanol–water partition coefficient (Wildman–Crippen LogP) is 2.12. The van der Waals surface area contributed by atoms with Crippen LogP contribution >= 0.6 is 0 Å². The average Bonchev–Trinajstić information content (AvgIpc) is 2.35. The molecule has 1 aliphatic rings. The molecule has 1 atom stereocenters. The van der Waals surface area contributed by atoms with Crippen molar-refractivity contribution >= 4 is 6.41 Å². The van der Waals surface area contributed by atoms with Gasteiger partial charge in [0, 0.05) is 25.2 Å². The molecule has 0 aromatic rings. The molecule has 16 heavy (non-hydrogen) atoms. The number of hydrogen-bond donors (Lipinski definition) is 0. The molecule has 0 spiro atoms. The number of carbonyl (C=O) groups is 1. The van der Waals surface area contributed by atoms with Crippen LogP contribution in [0, 0.1) is 0 Å². The molecule has 0 radical (unpaired) electrons. The Kier molecular flexibility index (Phi) is 5.81. The first-order chi connectivity index (χ1) is 7.72. The van der Waals surface area contributed by atoms with Gasteiger partial charge in [-0.2, -0.15) is 0 Å².